The van der Waals surface area contributed by atoms with E-state index in [1.165, 1.54) is 10.4 Å². The van der Waals surface area contributed by atoms with Crippen molar-refractivity contribution >= 4 is 35.0 Å². The number of amides is 1. The van der Waals surface area contributed by atoms with Crippen molar-refractivity contribution in [3.8, 4) is 0 Å². The molecule has 2 aliphatic heterocycles. The third-order valence-electron chi connectivity index (χ3n) is 4.94. The normalized spacial score (nSPS) is 21.8. The van der Waals surface area contributed by atoms with E-state index in [9.17, 15) is 9.59 Å². The first kappa shape index (κ1) is 17.8. The first-order valence-electron chi connectivity index (χ1n) is 8.52. The van der Waals surface area contributed by atoms with Gasteiger partial charge in [-0.05, 0) is 48.6 Å². The lowest BCUT2D eigenvalue weighted by molar-refractivity contribution is -0.140. The van der Waals surface area contributed by atoms with Crippen molar-refractivity contribution in [2.45, 2.75) is 37.5 Å². The van der Waals surface area contributed by atoms with Gasteiger partial charge in [-0.25, -0.2) is 0 Å². The molecular formula is C17H24N2O3S2. The number of hydrogen-bond donors (Lipinski definition) is 1. The molecule has 0 aliphatic carbocycles. The number of thiophene rings is 1. The van der Waals surface area contributed by atoms with Gasteiger partial charge in [0.05, 0.1) is 6.54 Å². The van der Waals surface area contributed by atoms with Gasteiger partial charge in [-0.3, -0.25) is 14.5 Å². The number of likely N-dealkylation sites (N-methyl/N-ethyl adjacent to an activating group) is 1. The molecule has 1 unspecified atom stereocenters. The summed E-state index contributed by atoms with van der Waals surface area (Å²) in [6.07, 6.45) is 2.80. The molecule has 1 fully saturated rings. The molecule has 0 bridgehead atoms. The first-order chi connectivity index (χ1) is 11.6. The molecule has 132 valence electrons. The Morgan fingerprint density at radius 1 is 1.38 bits per heavy atom. The minimum absolute atomic E-state index is 0.0437. The van der Waals surface area contributed by atoms with Crippen molar-refractivity contribution in [1.29, 1.82) is 0 Å². The fourth-order valence-corrected chi connectivity index (χ4v) is 6.02. The van der Waals surface area contributed by atoms with Gasteiger partial charge >= 0.3 is 5.97 Å². The molecule has 0 saturated carbocycles. The van der Waals surface area contributed by atoms with E-state index in [1.807, 2.05) is 16.7 Å². The van der Waals surface area contributed by atoms with E-state index < -0.39 is 5.97 Å². The number of likely N-dealkylation sites (tertiary alicyclic amines) is 1. The fraction of sp³-hybridized carbons (Fsp3) is 0.647. The first-order valence-corrected chi connectivity index (χ1v) is 10.5. The van der Waals surface area contributed by atoms with Crippen molar-refractivity contribution in [3.63, 3.8) is 0 Å². The maximum atomic E-state index is 12.9. The second kappa shape index (κ2) is 7.89. The predicted molar refractivity (Wildman–Crippen MR) is 97.7 cm³/mol. The molecule has 24 heavy (non-hydrogen) atoms. The maximum Gasteiger partial charge on any atom is 0.317 e. The zero-order chi connectivity index (χ0) is 17.1. The second-order valence-electron chi connectivity index (χ2n) is 6.31. The second-order valence-corrected chi connectivity index (χ2v) is 8.53. The SMILES string of the molecule is CCN(CC(=O)O)C1CCN(C(=O)C2SCCc3sccc32)CC1. The molecule has 0 aromatic carbocycles. The molecule has 1 aromatic rings. The molecule has 5 nitrogen and oxygen atoms in total. The van der Waals surface area contributed by atoms with E-state index in [0.29, 0.717) is 0 Å². The fourth-order valence-electron chi connectivity index (χ4n) is 3.64. The van der Waals surface area contributed by atoms with Crippen LogP contribution in [0.5, 0.6) is 0 Å². The van der Waals surface area contributed by atoms with Crippen LogP contribution in [0.2, 0.25) is 0 Å². The Balaban J connectivity index is 1.59. The monoisotopic (exact) mass is 368 g/mol. The van der Waals surface area contributed by atoms with Crippen LogP contribution in [-0.2, 0) is 16.0 Å². The number of fused-ring (bicyclic) bond motifs is 1. The Hall–Kier alpha value is -1.05. The van der Waals surface area contributed by atoms with Crippen LogP contribution in [-0.4, -0.2) is 64.8 Å². The van der Waals surface area contributed by atoms with Gasteiger partial charge in [-0.15, -0.1) is 23.1 Å². The number of nitrogens with zero attached hydrogens (tertiary/aromatic N) is 2. The molecule has 3 rings (SSSR count). The van der Waals surface area contributed by atoms with Crippen LogP contribution in [0.15, 0.2) is 11.4 Å². The summed E-state index contributed by atoms with van der Waals surface area (Å²) in [7, 11) is 0. The van der Waals surface area contributed by atoms with Gasteiger partial charge in [0, 0.05) is 24.0 Å². The van der Waals surface area contributed by atoms with Crippen LogP contribution in [0, 0.1) is 0 Å². The zero-order valence-electron chi connectivity index (χ0n) is 13.9. The van der Waals surface area contributed by atoms with Crippen molar-refractivity contribution in [1.82, 2.24) is 9.80 Å². The maximum absolute atomic E-state index is 12.9. The summed E-state index contributed by atoms with van der Waals surface area (Å²) in [6, 6.07) is 2.37. The molecule has 1 N–H and O–H groups in total. The number of hydrogen-bond acceptors (Lipinski definition) is 5. The molecule has 0 spiro atoms. The molecule has 7 heteroatoms. The van der Waals surface area contributed by atoms with Crippen molar-refractivity contribution in [2.75, 3.05) is 31.9 Å². The zero-order valence-corrected chi connectivity index (χ0v) is 15.6. The van der Waals surface area contributed by atoms with E-state index in [4.69, 9.17) is 5.11 Å². The number of aliphatic carboxylic acids is 1. The lowest BCUT2D eigenvalue weighted by Gasteiger charge is -2.39. The minimum Gasteiger partial charge on any atom is -0.480 e. The number of carboxylic acids is 1. The summed E-state index contributed by atoms with van der Waals surface area (Å²) in [6.45, 7) is 4.29. The van der Waals surface area contributed by atoms with Crippen LogP contribution in [0.4, 0.5) is 0 Å². The van der Waals surface area contributed by atoms with E-state index in [2.05, 4.69) is 11.4 Å². The van der Waals surface area contributed by atoms with Gasteiger partial charge in [0.15, 0.2) is 0 Å². The Morgan fingerprint density at radius 2 is 2.12 bits per heavy atom. The van der Waals surface area contributed by atoms with Crippen LogP contribution >= 0.6 is 23.1 Å². The molecule has 1 atom stereocenters. The number of aryl methyl sites for hydroxylation is 1. The topological polar surface area (TPSA) is 60.9 Å². The molecule has 0 radical (unpaired) electrons. The molecule has 3 heterocycles. The van der Waals surface area contributed by atoms with Gasteiger partial charge in [0.1, 0.15) is 5.25 Å². The molecule has 2 aliphatic rings. The van der Waals surface area contributed by atoms with Crippen LogP contribution in [0.3, 0.4) is 0 Å². The summed E-state index contributed by atoms with van der Waals surface area (Å²) in [5.74, 6) is 0.473. The summed E-state index contributed by atoms with van der Waals surface area (Å²) in [5.41, 5.74) is 1.21. The Bertz CT molecular complexity index is 596. The van der Waals surface area contributed by atoms with Crippen molar-refractivity contribution < 1.29 is 14.7 Å². The van der Waals surface area contributed by atoms with Crippen molar-refractivity contribution in [3.05, 3.63) is 21.9 Å². The predicted octanol–water partition coefficient (Wildman–Crippen LogP) is 2.48. The Morgan fingerprint density at radius 3 is 2.79 bits per heavy atom. The Kier molecular flexibility index (Phi) is 5.84. The number of rotatable bonds is 5. The molecular weight excluding hydrogens is 344 g/mol. The number of carbonyl (C=O) groups excluding carboxylic acids is 1. The number of thioether (sulfide) groups is 1. The lowest BCUT2D eigenvalue weighted by Crippen LogP contribution is -2.48. The number of carboxylic acid groups (broad SMARTS) is 1. The highest BCUT2D eigenvalue weighted by Gasteiger charge is 2.34. The van der Waals surface area contributed by atoms with E-state index in [0.717, 1.165) is 44.6 Å². The highest BCUT2D eigenvalue weighted by atomic mass is 32.2. The Labute approximate surface area is 151 Å². The summed E-state index contributed by atoms with van der Waals surface area (Å²) >= 11 is 3.52. The minimum atomic E-state index is -0.779. The third kappa shape index (κ3) is 3.78. The van der Waals surface area contributed by atoms with E-state index in [1.54, 1.807) is 23.1 Å². The largest absolute Gasteiger partial charge is 0.480 e. The van der Waals surface area contributed by atoms with Gasteiger partial charge in [-0.2, -0.15) is 0 Å². The average molecular weight is 369 g/mol. The van der Waals surface area contributed by atoms with E-state index >= 15 is 0 Å². The van der Waals surface area contributed by atoms with Crippen LogP contribution < -0.4 is 0 Å². The van der Waals surface area contributed by atoms with Crippen LogP contribution in [0.1, 0.15) is 35.5 Å². The smallest absolute Gasteiger partial charge is 0.317 e. The standard InChI is InChI=1S/C17H24N2O3S2/c1-2-18(11-15(20)21)12-3-7-19(8-4-12)17(22)16-13-5-9-23-14(13)6-10-24-16/h5,9,12,16H,2-4,6-8,10-11H2,1H3,(H,20,21). The summed E-state index contributed by atoms with van der Waals surface area (Å²) in [4.78, 5) is 29.3. The molecule has 1 amide bonds. The number of piperidine rings is 1. The molecule has 1 aromatic heterocycles. The van der Waals surface area contributed by atoms with E-state index in [-0.39, 0.29) is 23.7 Å². The highest BCUT2D eigenvalue weighted by molar-refractivity contribution is 8.00. The summed E-state index contributed by atoms with van der Waals surface area (Å²) < 4.78 is 0. The van der Waals surface area contributed by atoms with Gasteiger partial charge < -0.3 is 10.0 Å². The quantitative estimate of drug-likeness (QED) is 0.865. The van der Waals surface area contributed by atoms with Gasteiger partial charge in [0.25, 0.3) is 0 Å². The van der Waals surface area contributed by atoms with Gasteiger partial charge in [-0.1, -0.05) is 6.92 Å². The van der Waals surface area contributed by atoms with Crippen molar-refractivity contribution in [2.24, 2.45) is 0 Å². The number of carbonyl (C=O) groups is 2. The average Bonchev–Trinajstić information content (AvgIpc) is 3.07. The lowest BCUT2D eigenvalue weighted by atomic mass is 10.0. The summed E-state index contributed by atoms with van der Waals surface area (Å²) in [5, 5.41) is 11.1. The highest BCUT2D eigenvalue weighted by Crippen LogP contribution is 2.40. The van der Waals surface area contributed by atoms with Crippen LogP contribution in [0.25, 0.3) is 0 Å². The third-order valence-corrected chi connectivity index (χ3v) is 7.16. The molecule has 1 saturated heterocycles. The van der Waals surface area contributed by atoms with Gasteiger partial charge in [0.2, 0.25) is 5.91 Å².